The molecular formula is C25H16ClN5O4S. The molecule has 36 heavy (non-hydrogen) atoms. The second kappa shape index (κ2) is 9.68. The number of aromatic nitrogens is 2. The minimum atomic E-state index is -0.607. The molecule has 2 heterocycles. The van der Waals surface area contributed by atoms with Gasteiger partial charge < -0.3 is 0 Å². The van der Waals surface area contributed by atoms with Gasteiger partial charge in [-0.05, 0) is 28.5 Å². The fourth-order valence-corrected chi connectivity index (χ4v) is 4.86. The zero-order valence-corrected chi connectivity index (χ0v) is 20.0. The number of halogens is 1. The van der Waals surface area contributed by atoms with E-state index in [1.807, 2.05) is 47.8 Å². The second-order valence-corrected chi connectivity index (χ2v) is 9.10. The maximum atomic E-state index is 13.2. The molecule has 0 bridgehead atoms. The number of carbonyl (C=O) groups is 1. The quantitative estimate of drug-likeness (QED) is 0.193. The topological polar surface area (TPSA) is 119 Å². The summed E-state index contributed by atoms with van der Waals surface area (Å²) in [7, 11) is 0. The number of nitro groups is 1. The van der Waals surface area contributed by atoms with Crippen LogP contribution in [0.5, 0.6) is 0 Å². The number of hydrogen-bond acceptors (Lipinski definition) is 7. The van der Waals surface area contributed by atoms with Gasteiger partial charge in [-0.15, -0.1) is 11.3 Å². The monoisotopic (exact) mass is 517 g/mol. The molecule has 1 amide bonds. The number of carbonyl (C=O) groups excluding carboxylic acids is 1. The number of thiophene rings is 1. The van der Waals surface area contributed by atoms with Crippen molar-refractivity contribution in [1.82, 2.24) is 15.0 Å². The summed E-state index contributed by atoms with van der Waals surface area (Å²) >= 11 is 7.16. The van der Waals surface area contributed by atoms with Gasteiger partial charge in [-0.25, -0.2) is 10.4 Å². The molecule has 0 unspecified atom stereocenters. The molecule has 0 spiro atoms. The van der Waals surface area contributed by atoms with Gasteiger partial charge >= 0.3 is 0 Å². The molecule has 0 saturated heterocycles. The van der Waals surface area contributed by atoms with E-state index < -0.39 is 10.8 Å². The number of benzene rings is 3. The van der Waals surface area contributed by atoms with E-state index in [0.717, 1.165) is 21.9 Å². The molecule has 3 aromatic carbocycles. The highest BCUT2D eigenvalue weighted by Crippen LogP contribution is 2.32. The van der Waals surface area contributed by atoms with E-state index in [1.54, 1.807) is 0 Å². The summed E-state index contributed by atoms with van der Waals surface area (Å²) in [5, 5.41) is 19.3. The highest BCUT2D eigenvalue weighted by Gasteiger charge is 2.15. The molecule has 0 aliphatic rings. The molecule has 0 aliphatic heterocycles. The number of nitro benzene ring substituents is 1. The van der Waals surface area contributed by atoms with Gasteiger partial charge in [0.05, 0.1) is 22.9 Å². The minimum absolute atomic E-state index is 0.0000536. The lowest BCUT2D eigenvalue weighted by Gasteiger charge is -2.06. The van der Waals surface area contributed by atoms with E-state index >= 15 is 0 Å². The molecule has 5 aromatic rings. The zero-order valence-electron chi connectivity index (χ0n) is 18.4. The van der Waals surface area contributed by atoms with Gasteiger partial charge in [0.2, 0.25) is 0 Å². The number of hydrazone groups is 1. The number of rotatable bonds is 6. The Labute approximate surface area is 212 Å². The van der Waals surface area contributed by atoms with E-state index in [-0.39, 0.29) is 22.8 Å². The molecule has 0 fully saturated rings. The molecular weight excluding hydrogens is 502 g/mol. The molecule has 0 saturated carbocycles. The Morgan fingerprint density at radius 3 is 2.78 bits per heavy atom. The van der Waals surface area contributed by atoms with Crippen molar-refractivity contribution in [1.29, 1.82) is 0 Å². The average molecular weight is 518 g/mol. The Hall–Kier alpha value is -4.41. The predicted octanol–water partition coefficient (Wildman–Crippen LogP) is 4.99. The largest absolute Gasteiger partial charge is 0.289 e. The summed E-state index contributed by atoms with van der Waals surface area (Å²) in [5.74, 6) is -0.555. The fourth-order valence-electron chi connectivity index (χ4n) is 3.77. The van der Waals surface area contributed by atoms with Gasteiger partial charge in [-0.1, -0.05) is 54.1 Å². The molecule has 11 heteroatoms. The first kappa shape index (κ1) is 23.3. The third-order valence-electron chi connectivity index (χ3n) is 5.50. The number of nitrogens with one attached hydrogen (secondary N) is 1. The molecule has 0 aliphatic carbocycles. The van der Waals surface area contributed by atoms with Crippen LogP contribution >= 0.6 is 22.9 Å². The summed E-state index contributed by atoms with van der Waals surface area (Å²) in [6.45, 7) is -0.299. The maximum Gasteiger partial charge on any atom is 0.288 e. The molecule has 2 aromatic heterocycles. The van der Waals surface area contributed by atoms with Crippen molar-refractivity contribution >= 4 is 61.7 Å². The van der Waals surface area contributed by atoms with Crippen molar-refractivity contribution in [3.05, 3.63) is 103 Å². The van der Waals surface area contributed by atoms with E-state index in [0.29, 0.717) is 15.8 Å². The summed E-state index contributed by atoms with van der Waals surface area (Å²) in [4.78, 5) is 41.0. The van der Waals surface area contributed by atoms with Crippen LogP contribution in [0.15, 0.2) is 82.3 Å². The van der Waals surface area contributed by atoms with Gasteiger partial charge in [0.15, 0.2) is 0 Å². The molecule has 5 rings (SSSR count). The van der Waals surface area contributed by atoms with E-state index in [2.05, 4.69) is 15.5 Å². The standard InChI is InChI=1S/C25H16ClN5O4S/c26-20-8-5-15(9-21(20)31(34)35)11-28-29-22(32)12-30-14-27-24-23(25(30)33)19(13-36-24)18-7-6-16-3-1-2-4-17(16)10-18/h1-11,13-14H,12H2,(H,29,32)/b28-11+. The number of fused-ring (bicyclic) bond motifs is 2. The number of amides is 1. The van der Waals surface area contributed by atoms with Crippen molar-refractivity contribution < 1.29 is 9.72 Å². The Balaban J connectivity index is 1.37. The van der Waals surface area contributed by atoms with Crippen LogP contribution in [0.3, 0.4) is 0 Å². The van der Waals surface area contributed by atoms with Crippen LogP contribution in [-0.2, 0) is 11.3 Å². The third-order valence-corrected chi connectivity index (χ3v) is 6.71. The van der Waals surface area contributed by atoms with Crippen LogP contribution in [0.1, 0.15) is 5.56 Å². The van der Waals surface area contributed by atoms with Crippen molar-refractivity contribution in [2.24, 2.45) is 5.10 Å². The molecule has 178 valence electrons. The molecule has 0 atom stereocenters. The lowest BCUT2D eigenvalue weighted by molar-refractivity contribution is -0.384. The van der Waals surface area contributed by atoms with E-state index in [4.69, 9.17) is 11.6 Å². The lowest BCUT2D eigenvalue weighted by Crippen LogP contribution is -2.30. The van der Waals surface area contributed by atoms with Crippen molar-refractivity contribution in [2.75, 3.05) is 0 Å². The van der Waals surface area contributed by atoms with Crippen molar-refractivity contribution in [3.8, 4) is 11.1 Å². The Kier molecular flexibility index (Phi) is 6.28. The molecule has 9 nitrogen and oxygen atoms in total. The average Bonchev–Trinajstić information content (AvgIpc) is 3.31. The Morgan fingerprint density at radius 2 is 1.97 bits per heavy atom. The van der Waals surface area contributed by atoms with Gasteiger partial charge in [-0.2, -0.15) is 5.10 Å². The van der Waals surface area contributed by atoms with Crippen LogP contribution in [0, 0.1) is 10.1 Å². The van der Waals surface area contributed by atoms with Crippen LogP contribution in [0.2, 0.25) is 5.02 Å². The van der Waals surface area contributed by atoms with Crippen molar-refractivity contribution in [3.63, 3.8) is 0 Å². The van der Waals surface area contributed by atoms with Gasteiger partial charge in [0, 0.05) is 22.6 Å². The zero-order chi connectivity index (χ0) is 25.2. The smallest absolute Gasteiger partial charge is 0.288 e. The third kappa shape index (κ3) is 4.59. The van der Waals surface area contributed by atoms with Gasteiger partial charge in [0.25, 0.3) is 17.2 Å². The Morgan fingerprint density at radius 1 is 1.17 bits per heavy atom. The van der Waals surface area contributed by atoms with Crippen molar-refractivity contribution in [2.45, 2.75) is 6.54 Å². The van der Waals surface area contributed by atoms with Crippen LogP contribution in [0.4, 0.5) is 5.69 Å². The van der Waals surface area contributed by atoms with Crippen LogP contribution < -0.4 is 11.0 Å². The molecule has 1 N–H and O–H groups in total. The van der Waals surface area contributed by atoms with Crippen LogP contribution in [0.25, 0.3) is 32.1 Å². The second-order valence-electron chi connectivity index (χ2n) is 7.83. The number of hydrogen-bond donors (Lipinski definition) is 1. The first-order valence-corrected chi connectivity index (χ1v) is 11.9. The number of nitrogens with zero attached hydrogens (tertiary/aromatic N) is 4. The Bertz CT molecular complexity index is 1740. The van der Waals surface area contributed by atoms with Gasteiger partial charge in [-0.3, -0.25) is 24.3 Å². The van der Waals surface area contributed by atoms with Crippen LogP contribution in [-0.4, -0.2) is 26.6 Å². The summed E-state index contributed by atoms with van der Waals surface area (Å²) in [6, 6.07) is 18.1. The normalized spacial score (nSPS) is 11.4. The first-order chi connectivity index (χ1) is 17.4. The SMILES string of the molecule is O=C(Cn1cnc2scc(-c3ccc4ccccc4c3)c2c1=O)N/N=C/c1ccc(Cl)c([N+](=O)[O-])c1. The first-order valence-electron chi connectivity index (χ1n) is 10.6. The maximum absolute atomic E-state index is 13.2. The highest BCUT2D eigenvalue weighted by atomic mass is 35.5. The van der Waals surface area contributed by atoms with Gasteiger partial charge in [0.1, 0.15) is 16.4 Å². The minimum Gasteiger partial charge on any atom is -0.289 e. The fraction of sp³-hybridized carbons (Fsp3) is 0.0400. The lowest BCUT2D eigenvalue weighted by atomic mass is 10.0. The molecule has 0 radical (unpaired) electrons. The summed E-state index contributed by atoms with van der Waals surface area (Å²) in [5.41, 5.74) is 3.75. The highest BCUT2D eigenvalue weighted by molar-refractivity contribution is 7.17. The van der Waals surface area contributed by atoms with E-state index in [1.165, 1.54) is 46.6 Å². The van der Waals surface area contributed by atoms with E-state index in [9.17, 15) is 19.7 Å². The predicted molar refractivity (Wildman–Crippen MR) is 141 cm³/mol. The summed E-state index contributed by atoms with van der Waals surface area (Å²) < 4.78 is 1.22. The summed E-state index contributed by atoms with van der Waals surface area (Å²) in [6.07, 6.45) is 2.58.